The van der Waals surface area contributed by atoms with Gasteiger partial charge in [0.25, 0.3) is 0 Å². The predicted molar refractivity (Wildman–Crippen MR) is 82.5 cm³/mol. The van der Waals surface area contributed by atoms with Crippen LogP contribution in [-0.4, -0.2) is 15.2 Å². The smallest absolute Gasteiger partial charge is 0.182 e. The van der Waals surface area contributed by atoms with E-state index < -0.39 is 0 Å². The number of fused-ring (bicyclic) bond motifs is 4. The summed E-state index contributed by atoms with van der Waals surface area (Å²) in [5.41, 5.74) is 4.09. The molecule has 4 rings (SSSR count). The standard InChI is InChI=1S/C16H15N3O2/c1-8(2)5-11-12-7-17-19-16(12)18-14-10-4-3-9(20)6-13(10)21-15(11)14/h3-4,6-8H,5H2,1-2H3,(H2,17,18,19). The molecule has 5 nitrogen and oxygen atoms in total. The number of rotatable bonds is 2. The first kappa shape index (κ1) is 12.2. The van der Waals surface area contributed by atoms with Crippen LogP contribution in [0.4, 0.5) is 0 Å². The van der Waals surface area contributed by atoms with Gasteiger partial charge in [0.15, 0.2) is 16.7 Å². The number of aromatic amines is 2. The zero-order chi connectivity index (χ0) is 14.6. The van der Waals surface area contributed by atoms with Gasteiger partial charge in [0, 0.05) is 28.6 Å². The van der Waals surface area contributed by atoms with E-state index in [1.807, 2.05) is 6.20 Å². The minimum atomic E-state index is -0.0501. The van der Waals surface area contributed by atoms with E-state index >= 15 is 0 Å². The Morgan fingerprint density at radius 3 is 2.95 bits per heavy atom. The van der Waals surface area contributed by atoms with Gasteiger partial charge < -0.3 is 9.52 Å². The van der Waals surface area contributed by atoms with Gasteiger partial charge >= 0.3 is 0 Å². The lowest BCUT2D eigenvalue weighted by molar-refractivity contribution is 0.626. The largest absolute Gasteiger partial charge is 0.454 e. The average Bonchev–Trinajstić information content (AvgIpc) is 3.01. The van der Waals surface area contributed by atoms with Gasteiger partial charge in [0.2, 0.25) is 0 Å². The number of hydrogen-bond donors (Lipinski definition) is 2. The van der Waals surface area contributed by atoms with E-state index in [1.165, 1.54) is 6.07 Å². The summed E-state index contributed by atoms with van der Waals surface area (Å²) in [5, 5.41) is 7.97. The third-order valence-corrected chi connectivity index (χ3v) is 3.73. The van der Waals surface area contributed by atoms with Gasteiger partial charge in [-0.25, -0.2) is 4.98 Å². The molecule has 0 unspecified atom stereocenters. The van der Waals surface area contributed by atoms with Gasteiger partial charge in [0.05, 0.1) is 0 Å². The number of furan rings is 1. The summed E-state index contributed by atoms with van der Waals surface area (Å²) < 4.78 is 5.95. The van der Waals surface area contributed by atoms with Crippen LogP contribution in [0.3, 0.4) is 0 Å². The summed E-state index contributed by atoms with van der Waals surface area (Å²) in [6.45, 7) is 4.35. The zero-order valence-corrected chi connectivity index (χ0v) is 11.9. The summed E-state index contributed by atoms with van der Waals surface area (Å²) in [6, 6.07) is 4.86. The Bertz CT molecular complexity index is 1020. The van der Waals surface area contributed by atoms with E-state index in [4.69, 9.17) is 4.42 Å². The highest BCUT2D eigenvalue weighted by Crippen LogP contribution is 2.33. The molecule has 3 heterocycles. The van der Waals surface area contributed by atoms with Crippen LogP contribution >= 0.6 is 0 Å². The fraction of sp³-hybridized carbons (Fsp3) is 0.250. The molecule has 0 bridgehead atoms. The number of aromatic nitrogens is 3. The number of pyridine rings is 1. The molecule has 0 aliphatic rings. The van der Waals surface area contributed by atoms with Crippen molar-refractivity contribution >= 4 is 33.1 Å². The molecule has 0 fully saturated rings. The molecular formula is C16H15N3O2. The van der Waals surface area contributed by atoms with Gasteiger partial charge in [-0.05, 0) is 24.5 Å². The van der Waals surface area contributed by atoms with Crippen molar-refractivity contribution in [2.45, 2.75) is 20.3 Å². The molecule has 0 amide bonds. The van der Waals surface area contributed by atoms with Crippen molar-refractivity contribution in [1.29, 1.82) is 0 Å². The van der Waals surface area contributed by atoms with Crippen molar-refractivity contribution in [3.8, 4) is 0 Å². The molecule has 4 aromatic rings. The summed E-state index contributed by atoms with van der Waals surface area (Å²) in [6.07, 6.45) is 2.80. The molecular weight excluding hydrogens is 266 g/mol. The first-order chi connectivity index (χ1) is 10.1. The quantitative estimate of drug-likeness (QED) is 0.591. The summed E-state index contributed by atoms with van der Waals surface area (Å²) in [7, 11) is 0. The van der Waals surface area contributed by atoms with Gasteiger partial charge in [0.1, 0.15) is 11.1 Å². The first-order valence-corrected chi connectivity index (χ1v) is 7.04. The maximum atomic E-state index is 11.5. The van der Waals surface area contributed by atoms with E-state index in [1.54, 1.807) is 12.1 Å². The van der Waals surface area contributed by atoms with Crippen molar-refractivity contribution in [3.05, 3.63) is 40.2 Å². The van der Waals surface area contributed by atoms with Crippen LogP contribution in [0, 0.1) is 5.92 Å². The Balaban J connectivity index is 2.19. The molecule has 0 saturated heterocycles. The Morgan fingerprint density at radius 2 is 2.14 bits per heavy atom. The molecule has 0 spiro atoms. The lowest BCUT2D eigenvalue weighted by Gasteiger charge is -2.06. The van der Waals surface area contributed by atoms with Crippen molar-refractivity contribution < 1.29 is 4.42 Å². The van der Waals surface area contributed by atoms with E-state index in [9.17, 15) is 4.79 Å². The van der Waals surface area contributed by atoms with E-state index in [0.29, 0.717) is 11.5 Å². The van der Waals surface area contributed by atoms with Crippen LogP contribution < -0.4 is 5.43 Å². The van der Waals surface area contributed by atoms with E-state index in [0.717, 1.165) is 39.5 Å². The molecule has 1 aromatic carbocycles. The average molecular weight is 281 g/mol. The molecule has 5 heteroatoms. The Labute approximate surface area is 120 Å². The maximum Gasteiger partial charge on any atom is 0.182 e. The van der Waals surface area contributed by atoms with Gasteiger partial charge in [-0.15, -0.1) is 0 Å². The van der Waals surface area contributed by atoms with Crippen molar-refractivity contribution in [2.75, 3.05) is 0 Å². The number of nitrogens with zero attached hydrogens (tertiary/aromatic N) is 1. The fourth-order valence-corrected chi connectivity index (χ4v) is 2.85. The van der Waals surface area contributed by atoms with Crippen LogP contribution in [0.1, 0.15) is 19.4 Å². The predicted octanol–water partition coefficient (Wildman–Crippen LogP) is 3.35. The second-order valence-corrected chi connectivity index (χ2v) is 5.80. The van der Waals surface area contributed by atoms with Crippen LogP contribution in [0.25, 0.3) is 33.1 Å². The molecule has 3 aromatic heterocycles. The molecule has 2 N–H and O–H groups in total. The van der Waals surface area contributed by atoms with Crippen LogP contribution in [0.2, 0.25) is 0 Å². The first-order valence-electron chi connectivity index (χ1n) is 7.04. The molecule has 0 aliphatic heterocycles. The Morgan fingerprint density at radius 1 is 1.29 bits per heavy atom. The molecule has 0 atom stereocenters. The minimum Gasteiger partial charge on any atom is -0.454 e. The molecule has 21 heavy (non-hydrogen) atoms. The van der Waals surface area contributed by atoms with Gasteiger partial charge in [-0.3, -0.25) is 9.89 Å². The Hall–Kier alpha value is -2.56. The van der Waals surface area contributed by atoms with Crippen molar-refractivity contribution in [1.82, 2.24) is 15.2 Å². The topological polar surface area (TPSA) is 74.7 Å². The van der Waals surface area contributed by atoms with Crippen LogP contribution in [0.5, 0.6) is 0 Å². The second kappa shape index (κ2) is 4.22. The van der Waals surface area contributed by atoms with Crippen LogP contribution in [-0.2, 0) is 6.42 Å². The zero-order valence-electron chi connectivity index (χ0n) is 11.9. The fourth-order valence-electron chi connectivity index (χ4n) is 2.85. The third kappa shape index (κ3) is 1.77. The summed E-state index contributed by atoms with van der Waals surface area (Å²) in [4.78, 5) is 16.2. The SMILES string of the molecule is CC(C)Cc1c2c[nH][nH]c2nc2c1oc1cc(=O)ccc12. The lowest BCUT2D eigenvalue weighted by Crippen LogP contribution is -1.96. The van der Waals surface area contributed by atoms with Gasteiger partial charge in [-0.2, -0.15) is 0 Å². The number of nitrogens with one attached hydrogen (secondary N) is 2. The maximum absolute atomic E-state index is 11.5. The monoisotopic (exact) mass is 281 g/mol. The van der Waals surface area contributed by atoms with Crippen molar-refractivity contribution in [3.63, 3.8) is 0 Å². The lowest BCUT2D eigenvalue weighted by atomic mass is 10.00. The van der Waals surface area contributed by atoms with Crippen molar-refractivity contribution in [2.24, 2.45) is 5.92 Å². The molecule has 0 aliphatic carbocycles. The molecule has 0 radical (unpaired) electrons. The normalized spacial score (nSPS) is 12.1. The highest BCUT2D eigenvalue weighted by molar-refractivity contribution is 6.07. The number of benzene rings is 1. The van der Waals surface area contributed by atoms with E-state index in [2.05, 4.69) is 29.0 Å². The molecule has 0 saturated carbocycles. The van der Waals surface area contributed by atoms with Gasteiger partial charge in [-0.1, -0.05) is 13.8 Å². The summed E-state index contributed by atoms with van der Waals surface area (Å²) >= 11 is 0. The third-order valence-electron chi connectivity index (χ3n) is 3.73. The Kier molecular flexibility index (Phi) is 2.45. The number of H-pyrrole nitrogens is 2. The molecule has 106 valence electrons. The summed E-state index contributed by atoms with van der Waals surface area (Å²) in [5.74, 6) is 0.497. The highest BCUT2D eigenvalue weighted by atomic mass is 16.3. The van der Waals surface area contributed by atoms with Crippen LogP contribution in [0.15, 0.2) is 33.6 Å². The highest BCUT2D eigenvalue weighted by Gasteiger charge is 2.17. The number of hydrogen-bond acceptors (Lipinski definition) is 3. The second-order valence-electron chi connectivity index (χ2n) is 5.80. The van der Waals surface area contributed by atoms with E-state index in [-0.39, 0.29) is 5.43 Å². The minimum absolute atomic E-state index is 0.0501.